The predicted molar refractivity (Wildman–Crippen MR) is 69.4 cm³/mol. The molecule has 0 amide bonds. The molecule has 0 atom stereocenters. The van der Waals surface area contributed by atoms with Crippen molar-refractivity contribution in [2.24, 2.45) is 0 Å². The van der Waals surface area contributed by atoms with Gasteiger partial charge in [0.2, 0.25) is 0 Å². The first kappa shape index (κ1) is 12.2. The Bertz CT molecular complexity index is 433. The summed E-state index contributed by atoms with van der Waals surface area (Å²) < 4.78 is 0. The molecule has 1 heteroatoms. The average Bonchev–Trinajstić information content (AvgIpc) is 2.35. The molecular formula is C15H16O. The van der Waals surface area contributed by atoms with Crippen LogP contribution in [0.1, 0.15) is 29.8 Å². The van der Waals surface area contributed by atoms with Gasteiger partial charge >= 0.3 is 0 Å². The number of carbonyl (C=O) groups is 1. The molecule has 0 unspecified atom stereocenters. The minimum atomic E-state index is 0.0520. The molecule has 0 bridgehead atoms. The fraction of sp³-hybridized carbons (Fsp3) is 0.133. The second-order valence-corrected chi connectivity index (χ2v) is 3.40. The Labute approximate surface area is 96.8 Å². The topological polar surface area (TPSA) is 17.1 Å². The molecule has 1 rings (SSSR count). The summed E-state index contributed by atoms with van der Waals surface area (Å²) in [6, 6.07) is 7.44. The van der Waals surface area contributed by atoms with Crippen LogP contribution < -0.4 is 0 Å². The van der Waals surface area contributed by atoms with Crippen LogP contribution in [0.5, 0.6) is 0 Å². The third kappa shape index (κ3) is 2.80. The number of benzene rings is 1. The zero-order valence-corrected chi connectivity index (χ0v) is 9.73. The van der Waals surface area contributed by atoms with Gasteiger partial charge in [-0.2, -0.15) is 0 Å². The van der Waals surface area contributed by atoms with Crippen LogP contribution >= 0.6 is 0 Å². The largest absolute Gasteiger partial charge is 0.289 e. The molecule has 0 fully saturated rings. The van der Waals surface area contributed by atoms with E-state index in [1.807, 2.05) is 56.3 Å². The standard InChI is InChI=1S/C15H16O/c1-4-7-13(6-3)15(16)14-10-8-12(5-2)9-11-14/h4-11H,2H2,1,3H3/b7-4-,13-6+. The van der Waals surface area contributed by atoms with Crippen LogP contribution in [0.3, 0.4) is 0 Å². The monoisotopic (exact) mass is 212 g/mol. The number of ketones is 1. The zero-order chi connectivity index (χ0) is 12.0. The molecular weight excluding hydrogens is 196 g/mol. The first-order valence-electron chi connectivity index (χ1n) is 5.29. The molecule has 0 aliphatic rings. The van der Waals surface area contributed by atoms with Gasteiger partial charge < -0.3 is 0 Å². The van der Waals surface area contributed by atoms with E-state index in [9.17, 15) is 4.79 Å². The van der Waals surface area contributed by atoms with Crippen LogP contribution in [-0.2, 0) is 0 Å². The summed E-state index contributed by atoms with van der Waals surface area (Å²) in [6.45, 7) is 7.45. The molecule has 16 heavy (non-hydrogen) atoms. The SMILES string of the molecule is C=Cc1ccc(C(=O)C(/C=C\C)=C/C)cc1. The predicted octanol–water partition coefficient (Wildman–Crippen LogP) is 4.03. The van der Waals surface area contributed by atoms with E-state index in [-0.39, 0.29) is 5.78 Å². The van der Waals surface area contributed by atoms with Crippen molar-refractivity contribution in [3.05, 3.63) is 65.8 Å². The van der Waals surface area contributed by atoms with Gasteiger partial charge in [-0.3, -0.25) is 4.79 Å². The second-order valence-electron chi connectivity index (χ2n) is 3.40. The summed E-state index contributed by atoms with van der Waals surface area (Å²) in [5.74, 6) is 0.0520. The van der Waals surface area contributed by atoms with Crippen LogP contribution in [0.2, 0.25) is 0 Å². The van der Waals surface area contributed by atoms with Crippen LogP contribution in [0.25, 0.3) is 6.08 Å². The van der Waals surface area contributed by atoms with Gasteiger partial charge in [-0.1, -0.05) is 55.1 Å². The maximum atomic E-state index is 12.0. The Morgan fingerprint density at radius 2 is 1.81 bits per heavy atom. The van der Waals surface area contributed by atoms with E-state index < -0.39 is 0 Å². The maximum absolute atomic E-state index is 12.0. The molecule has 0 aliphatic carbocycles. The number of rotatable bonds is 4. The van der Waals surface area contributed by atoms with E-state index in [2.05, 4.69) is 6.58 Å². The molecule has 1 aromatic rings. The van der Waals surface area contributed by atoms with E-state index >= 15 is 0 Å². The van der Waals surface area contributed by atoms with Crippen molar-refractivity contribution < 1.29 is 4.79 Å². The Kier molecular flexibility index (Phi) is 4.46. The summed E-state index contributed by atoms with van der Waals surface area (Å²) in [4.78, 5) is 12.0. The third-order valence-corrected chi connectivity index (χ3v) is 2.33. The van der Waals surface area contributed by atoms with Crippen LogP contribution in [0.4, 0.5) is 0 Å². The minimum Gasteiger partial charge on any atom is -0.289 e. The van der Waals surface area contributed by atoms with Gasteiger partial charge in [-0.25, -0.2) is 0 Å². The summed E-state index contributed by atoms with van der Waals surface area (Å²) in [5, 5.41) is 0. The molecule has 0 aliphatic heterocycles. The van der Waals surface area contributed by atoms with Crippen LogP contribution in [0.15, 0.2) is 54.6 Å². The van der Waals surface area contributed by atoms with Gasteiger partial charge in [0.1, 0.15) is 0 Å². The Morgan fingerprint density at radius 1 is 1.19 bits per heavy atom. The van der Waals surface area contributed by atoms with Crippen molar-refractivity contribution in [2.75, 3.05) is 0 Å². The maximum Gasteiger partial charge on any atom is 0.192 e. The minimum absolute atomic E-state index is 0.0520. The molecule has 0 heterocycles. The second kappa shape index (κ2) is 5.86. The number of Topliss-reactive ketones (excluding diaryl/α,β-unsaturated/α-hetero) is 1. The number of allylic oxidation sites excluding steroid dienone is 4. The molecule has 82 valence electrons. The molecule has 0 spiro atoms. The lowest BCUT2D eigenvalue weighted by Gasteiger charge is -2.02. The van der Waals surface area contributed by atoms with Crippen molar-refractivity contribution in [3.63, 3.8) is 0 Å². The molecule has 1 aromatic carbocycles. The summed E-state index contributed by atoms with van der Waals surface area (Å²) in [6.07, 6.45) is 7.27. The first-order chi connectivity index (χ1) is 7.72. The van der Waals surface area contributed by atoms with E-state index in [0.717, 1.165) is 5.56 Å². The zero-order valence-electron chi connectivity index (χ0n) is 9.73. The van der Waals surface area contributed by atoms with Gasteiger partial charge in [0.15, 0.2) is 5.78 Å². The smallest absolute Gasteiger partial charge is 0.192 e. The first-order valence-corrected chi connectivity index (χ1v) is 5.29. The van der Waals surface area contributed by atoms with Crippen molar-refractivity contribution in [1.29, 1.82) is 0 Å². The van der Waals surface area contributed by atoms with Crippen molar-refractivity contribution in [2.45, 2.75) is 13.8 Å². The lowest BCUT2D eigenvalue weighted by atomic mass is 10.0. The lowest BCUT2D eigenvalue weighted by molar-refractivity contribution is 0.103. The third-order valence-electron chi connectivity index (χ3n) is 2.33. The number of hydrogen-bond donors (Lipinski definition) is 0. The fourth-order valence-corrected chi connectivity index (χ4v) is 1.42. The fourth-order valence-electron chi connectivity index (χ4n) is 1.42. The highest BCUT2D eigenvalue weighted by Gasteiger charge is 2.07. The van der Waals surface area contributed by atoms with Gasteiger partial charge in [-0.05, 0) is 19.4 Å². The number of carbonyl (C=O) groups excluding carboxylic acids is 1. The highest BCUT2D eigenvalue weighted by atomic mass is 16.1. The van der Waals surface area contributed by atoms with Gasteiger partial charge in [-0.15, -0.1) is 0 Å². The van der Waals surface area contributed by atoms with Crippen LogP contribution in [-0.4, -0.2) is 5.78 Å². The van der Waals surface area contributed by atoms with E-state index in [1.54, 1.807) is 6.08 Å². The molecule has 0 saturated carbocycles. The van der Waals surface area contributed by atoms with Crippen molar-refractivity contribution in [1.82, 2.24) is 0 Å². The molecule has 0 radical (unpaired) electrons. The van der Waals surface area contributed by atoms with Crippen LogP contribution in [0, 0.1) is 0 Å². The highest BCUT2D eigenvalue weighted by molar-refractivity contribution is 6.10. The number of hydrogen-bond acceptors (Lipinski definition) is 1. The van der Waals surface area contributed by atoms with E-state index in [0.29, 0.717) is 11.1 Å². The summed E-state index contributed by atoms with van der Waals surface area (Å²) >= 11 is 0. The molecule has 1 nitrogen and oxygen atoms in total. The van der Waals surface area contributed by atoms with E-state index in [1.165, 1.54) is 0 Å². The molecule has 0 N–H and O–H groups in total. The molecule has 0 aromatic heterocycles. The lowest BCUT2D eigenvalue weighted by Crippen LogP contribution is -2.01. The van der Waals surface area contributed by atoms with Gasteiger partial charge in [0.05, 0.1) is 0 Å². The Morgan fingerprint density at radius 3 is 2.25 bits per heavy atom. The average molecular weight is 212 g/mol. The summed E-state index contributed by atoms with van der Waals surface area (Å²) in [5.41, 5.74) is 2.44. The van der Waals surface area contributed by atoms with Gasteiger partial charge in [0.25, 0.3) is 0 Å². The Balaban J connectivity index is 3.00. The molecule has 0 saturated heterocycles. The summed E-state index contributed by atoms with van der Waals surface area (Å²) in [7, 11) is 0. The quantitative estimate of drug-likeness (QED) is 0.418. The highest BCUT2D eigenvalue weighted by Crippen LogP contribution is 2.12. The van der Waals surface area contributed by atoms with Gasteiger partial charge in [0, 0.05) is 11.1 Å². The van der Waals surface area contributed by atoms with Crippen molar-refractivity contribution >= 4 is 11.9 Å². The van der Waals surface area contributed by atoms with E-state index in [4.69, 9.17) is 0 Å². The van der Waals surface area contributed by atoms with Crippen molar-refractivity contribution in [3.8, 4) is 0 Å². The Hall–Kier alpha value is -1.89. The normalized spacial score (nSPS) is 11.8.